The monoisotopic (exact) mass is 352 g/mol. The van der Waals surface area contributed by atoms with Crippen LogP contribution in [-0.2, 0) is 9.53 Å². The Morgan fingerprint density at radius 3 is 2.12 bits per heavy atom. The molecule has 0 aromatic rings. The highest BCUT2D eigenvalue weighted by Gasteiger charge is 2.04. The molecule has 0 saturated heterocycles. The van der Waals surface area contributed by atoms with Gasteiger partial charge in [0.05, 0.1) is 7.11 Å². The maximum absolute atomic E-state index is 11.0. The van der Waals surface area contributed by atoms with Gasteiger partial charge in [-0.1, -0.05) is 90.2 Å². The van der Waals surface area contributed by atoms with Crippen LogP contribution in [0, 0.1) is 5.92 Å². The van der Waals surface area contributed by atoms with E-state index >= 15 is 0 Å². The molecule has 0 aliphatic heterocycles. The van der Waals surface area contributed by atoms with E-state index < -0.39 is 0 Å². The molecular weight excluding hydrogens is 308 g/mol. The molecule has 0 bridgehead atoms. The maximum atomic E-state index is 11.0. The summed E-state index contributed by atoms with van der Waals surface area (Å²) in [6.07, 6.45) is 25.0. The van der Waals surface area contributed by atoms with E-state index in [1.807, 2.05) is 0 Å². The van der Waals surface area contributed by atoms with E-state index in [0.717, 1.165) is 18.8 Å². The van der Waals surface area contributed by atoms with Gasteiger partial charge in [-0.3, -0.25) is 4.79 Å². The van der Waals surface area contributed by atoms with Gasteiger partial charge in [-0.05, 0) is 38.0 Å². The minimum absolute atomic E-state index is 0.0734. The zero-order valence-electron chi connectivity index (χ0n) is 17.4. The molecule has 0 N–H and O–H groups in total. The number of carbonyl (C=O) groups excluding carboxylic acids is 1. The molecule has 0 radical (unpaired) electrons. The van der Waals surface area contributed by atoms with E-state index in [4.69, 9.17) is 0 Å². The molecule has 0 rings (SSSR count). The highest BCUT2D eigenvalue weighted by atomic mass is 16.5. The van der Waals surface area contributed by atoms with Crippen LogP contribution >= 0.6 is 0 Å². The lowest BCUT2D eigenvalue weighted by molar-refractivity contribution is -0.140. The molecule has 25 heavy (non-hydrogen) atoms. The first-order valence-electron chi connectivity index (χ1n) is 11.0. The van der Waals surface area contributed by atoms with Crippen LogP contribution in [0.3, 0.4) is 0 Å². The van der Waals surface area contributed by atoms with Gasteiger partial charge in [0.25, 0.3) is 0 Å². The average Bonchev–Trinajstić information content (AvgIpc) is 2.63. The number of hydrogen-bond donors (Lipinski definition) is 0. The third-order valence-corrected chi connectivity index (χ3v) is 4.99. The second-order valence-electron chi connectivity index (χ2n) is 7.42. The predicted molar refractivity (Wildman–Crippen MR) is 110 cm³/mol. The van der Waals surface area contributed by atoms with Gasteiger partial charge >= 0.3 is 5.97 Å². The smallest absolute Gasteiger partial charge is 0.305 e. The van der Waals surface area contributed by atoms with Crippen molar-refractivity contribution in [3.63, 3.8) is 0 Å². The minimum Gasteiger partial charge on any atom is -0.469 e. The zero-order chi connectivity index (χ0) is 18.6. The van der Waals surface area contributed by atoms with Crippen molar-refractivity contribution in [1.82, 2.24) is 0 Å². The van der Waals surface area contributed by atoms with Gasteiger partial charge in [0, 0.05) is 6.42 Å². The Balaban J connectivity index is 3.69. The summed E-state index contributed by atoms with van der Waals surface area (Å²) in [5, 5.41) is 0. The topological polar surface area (TPSA) is 26.3 Å². The number of allylic oxidation sites excluding steroid dienone is 2. The molecule has 0 aliphatic carbocycles. The summed E-state index contributed by atoms with van der Waals surface area (Å²) >= 11 is 0. The van der Waals surface area contributed by atoms with Gasteiger partial charge in [0.15, 0.2) is 0 Å². The summed E-state index contributed by atoms with van der Waals surface area (Å²) in [4.78, 5) is 11.0. The summed E-state index contributed by atoms with van der Waals surface area (Å²) in [6.45, 7) is 4.58. The first-order valence-corrected chi connectivity index (χ1v) is 11.0. The normalized spacial score (nSPS) is 12.6. The summed E-state index contributed by atoms with van der Waals surface area (Å²) < 4.78 is 4.66. The molecule has 148 valence electrons. The second-order valence-corrected chi connectivity index (χ2v) is 7.42. The van der Waals surface area contributed by atoms with Gasteiger partial charge in [-0.2, -0.15) is 0 Å². The van der Waals surface area contributed by atoms with Crippen LogP contribution in [-0.4, -0.2) is 13.1 Å². The summed E-state index contributed by atoms with van der Waals surface area (Å²) in [7, 11) is 1.47. The molecule has 2 heteroatoms. The first-order chi connectivity index (χ1) is 12.2. The Hall–Kier alpha value is -0.790. The fraction of sp³-hybridized carbons (Fsp3) is 0.870. The Morgan fingerprint density at radius 1 is 0.800 bits per heavy atom. The van der Waals surface area contributed by atoms with Crippen molar-refractivity contribution in [2.24, 2.45) is 5.92 Å². The molecule has 0 aromatic heterocycles. The maximum Gasteiger partial charge on any atom is 0.305 e. The van der Waals surface area contributed by atoms with Crippen LogP contribution in [0.25, 0.3) is 0 Å². The van der Waals surface area contributed by atoms with E-state index in [0.29, 0.717) is 6.42 Å². The zero-order valence-corrected chi connectivity index (χ0v) is 17.4. The van der Waals surface area contributed by atoms with Crippen molar-refractivity contribution in [2.45, 2.75) is 117 Å². The van der Waals surface area contributed by atoms with E-state index in [9.17, 15) is 4.79 Å². The van der Waals surface area contributed by atoms with Crippen LogP contribution < -0.4 is 0 Å². The van der Waals surface area contributed by atoms with Crippen molar-refractivity contribution in [2.75, 3.05) is 7.11 Å². The molecule has 0 fully saturated rings. The molecule has 0 spiro atoms. The van der Waals surface area contributed by atoms with Gasteiger partial charge < -0.3 is 4.74 Å². The van der Waals surface area contributed by atoms with Gasteiger partial charge in [0.2, 0.25) is 0 Å². The Kier molecular flexibility index (Phi) is 18.9. The molecule has 1 atom stereocenters. The molecule has 0 saturated carbocycles. The molecule has 2 nitrogen and oxygen atoms in total. The Bertz CT molecular complexity index is 309. The van der Waals surface area contributed by atoms with Crippen LogP contribution in [0.4, 0.5) is 0 Å². The Morgan fingerprint density at radius 2 is 1.40 bits per heavy atom. The van der Waals surface area contributed by atoms with Gasteiger partial charge in [0.1, 0.15) is 0 Å². The number of unbranched alkanes of at least 4 members (excludes halogenated alkanes) is 10. The predicted octanol–water partition coefficient (Wildman–Crippen LogP) is 7.61. The highest BCUT2D eigenvalue weighted by molar-refractivity contribution is 5.68. The largest absolute Gasteiger partial charge is 0.469 e. The fourth-order valence-electron chi connectivity index (χ4n) is 3.27. The second kappa shape index (κ2) is 19.5. The number of methoxy groups -OCH3 is 1. The lowest BCUT2D eigenvalue weighted by Crippen LogP contribution is -1.99. The van der Waals surface area contributed by atoms with Crippen LogP contribution in [0.15, 0.2) is 12.2 Å². The van der Waals surface area contributed by atoms with Crippen molar-refractivity contribution in [3.8, 4) is 0 Å². The third kappa shape index (κ3) is 17.8. The van der Waals surface area contributed by atoms with Crippen LogP contribution in [0.2, 0.25) is 0 Å². The molecular formula is C23H44O2. The van der Waals surface area contributed by atoms with Crippen molar-refractivity contribution in [3.05, 3.63) is 12.2 Å². The molecule has 0 amide bonds. The molecule has 0 heterocycles. The lowest BCUT2D eigenvalue weighted by Gasteiger charge is -2.12. The molecule has 1 unspecified atom stereocenters. The summed E-state index contributed by atoms with van der Waals surface area (Å²) in [5.41, 5.74) is 0. The summed E-state index contributed by atoms with van der Waals surface area (Å²) in [5.74, 6) is 0.734. The Labute approximate surface area is 157 Å². The number of rotatable bonds is 18. The molecule has 0 aromatic carbocycles. The standard InChI is InChI=1S/C23H44O2/c1-4-6-8-12-15-19-22(18-7-5-2)20-16-13-10-9-11-14-17-21-23(24)25-3/h16,20,22H,4-15,17-19,21H2,1-3H3/b20-16+. The van der Waals surface area contributed by atoms with Crippen LogP contribution in [0.1, 0.15) is 117 Å². The quantitative estimate of drug-likeness (QED) is 0.144. The lowest BCUT2D eigenvalue weighted by atomic mass is 9.94. The highest BCUT2D eigenvalue weighted by Crippen LogP contribution is 2.19. The van der Waals surface area contributed by atoms with E-state index in [1.54, 1.807) is 0 Å². The van der Waals surface area contributed by atoms with E-state index in [-0.39, 0.29) is 5.97 Å². The number of carbonyl (C=O) groups is 1. The number of hydrogen-bond acceptors (Lipinski definition) is 2. The molecule has 0 aliphatic rings. The summed E-state index contributed by atoms with van der Waals surface area (Å²) in [6, 6.07) is 0. The third-order valence-electron chi connectivity index (χ3n) is 4.99. The fourth-order valence-corrected chi connectivity index (χ4v) is 3.27. The van der Waals surface area contributed by atoms with E-state index in [1.165, 1.54) is 90.6 Å². The SMILES string of the molecule is CCCCCCCC(/C=C/CCCCCCCC(=O)OC)CCCC. The average molecular weight is 353 g/mol. The van der Waals surface area contributed by atoms with Gasteiger partial charge in [-0.15, -0.1) is 0 Å². The minimum atomic E-state index is -0.0734. The van der Waals surface area contributed by atoms with Gasteiger partial charge in [-0.25, -0.2) is 0 Å². The van der Waals surface area contributed by atoms with Crippen molar-refractivity contribution >= 4 is 5.97 Å². The van der Waals surface area contributed by atoms with Crippen LogP contribution in [0.5, 0.6) is 0 Å². The van der Waals surface area contributed by atoms with Crippen molar-refractivity contribution in [1.29, 1.82) is 0 Å². The van der Waals surface area contributed by atoms with Crippen molar-refractivity contribution < 1.29 is 9.53 Å². The first kappa shape index (κ1) is 24.2. The van der Waals surface area contributed by atoms with E-state index in [2.05, 4.69) is 30.7 Å². The number of esters is 1. The number of ether oxygens (including phenoxy) is 1.